The standard InChI is InChI=1S/C12H18O/c1-9-4-7-12(3)10(13)5-6-11(12,2)8-9/h8H,4-7H2,1-3H3/t11-,12-/m0/s1. The highest BCUT2D eigenvalue weighted by atomic mass is 16.1. The van der Waals surface area contributed by atoms with Gasteiger partial charge in [-0.05, 0) is 31.6 Å². The Morgan fingerprint density at radius 2 is 1.92 bits per heavy atom. The fourth-order valence-electron chi connectivity index (χ4n) is 2.96. The number of fused-ring (bicyclic) bond motifs is 1. The largest absolute Gasteiger partial charge is 0.299 e. The van der Waals surface area contributed by atoms with E-state index in [2.05, 4.69) is 26.8 Å². The molecule has 0 aromatic heterocycles. The Morgan fingerprint density at radius 3 is 2.62 bits per heavy atom. The van der Waals surface area contributed by atoms with E-state index in [1.54, 1.807) is 0 Å². The Kier molecular flexibility index (Phi) is 1.70. The second-order valence-corrected chi connectivity index (χ2v) is 5.16. The van der Waals surface area contributed by atoms with Crippen LogP contribution in [-0.4, -0.2) is 5.78 Å². The molecule has 0 spiro atoms. The summed E-state index contributed by atoms with van der Waals surface area (Å²) in [7, 11) is 0. The summed E-state index contributed by atoms with van der Waals surface area (Å²) >= 11 is 0. The highest BCUT2D eigenvalue weighted by Crippen LogP contribution is 2.57. The van der Waals surface area contributed by atoms with Gasteiger partial charge in [0.2, 0.25) is 0 Å². The van der Waals surface area contributed by atoms with Gasteiger partial charge in [-0.1, -0.05) is 25.5 Å². The maximum Gasteiger partial charge on any atom is 0.139 e. The lowest BCUT2D eigenvalue weighted by molar-refractivity contribution is -0.128. The number of carbonyl (C=O) groups excluding carboxylic acids is 1. The third-order valence-electron chi connectivity index (χ3n) is 4.33. The van der Waals surface area contributed by atoms with E-state index in [-0.39, 0.29) is 10.8 Å². The van der Waals surface area contributed by atoms with Gasteiger partial charge in [0.05, 0.1) is 0 Å². The van der Waals surface area contributed by atoms with Gasteiger partial charge in [-0.3, -0.25) is 4.79 Å². The fraction of sp³-hybridized carbons (Fsp3) is 0.750. The number of allylic oxidation sites excluding steroid dienone is 2. The van der Waals surface area contributed by atoms with Crippen LogP contribution in [0.4, 0.5) is 0 Å². The zero-order chi connectivity index (χ0) is 9.69. The van der Waals surface area contributed by atoms with E-state index in [9.17, 15) is 4.79 Å². The Balaban J connectivity index is 2.46. The number of hydrogen-bond donors (Lipinski definition) is 0. The van der Waals surface area contributed by atoms with E-state index in [1.807, 2.05) is 0 Å². The van der Waals surface area contributed by atoms with E-state index in [0.29, 0.717) is 5.78 Å². The molecule has 2 rings (SSSR count). The quantitative estimate of drug-likeness (QED) is 0.521. The molecule has 0 bridgehead atoms. The Bertz CT molecular complexity index is 289. The van der Waals surface area contributed by atoms with Crippen molar-refractivity contribution in [3.8, 4) is 0 Å². The normalized spacial score (nSPS) is 44.5. The molecule has 0 aromatic carbocycles. The van der Waals surface area contributed by atoms with Crippen molar-refractivity contribution in [2.24, 2.45) is 10.8 Å². The lowest BCUT2D eigenvalue weighted by Gasteiger charge is -2.41. The van der Waals surface area contributed by atoms with E-state index in [1.165, 1.54) is 5.57 Å². The van der Waals surface area contributed by atoms with Gasteiger partial charge < -0.3 is 0 Å². The minimum absolute atomic E-state index is 0.0491. The molecule has 0 N–H and O–H groups in total. The molecule has 0 aromatic rings. The molecule has 72 valence electrons. The SMILES string of the molecule is CC1=C[C@]2(C)CCC(=O)[C@]2(C)CC1. The highest BCUT2D eigenvalue weighted by molar-refractivity contribution is 5.88. The maximum atomic E-state index is 11.8. The predicted molar refractivity (Wildman–Crippen MR) is 53.4 cm³/mol. The number of carbonyl (C=O) groups is 1. The van der Waals surface area contributed by atoms with Gasteiger partial charge in [-0.15, -0.1) is 0 Å². The minimum atomic E-state index is -0.0491. The van der Waals surface area contributed by atoms with Gasteiger partial charge in [0.1, 0.15) is 5.78 Å². The maximum absolute atomic E-state index is 11.8. The monoisotopic (exact) mass is 178 g/mol. The van der Waals surface area contributed by atoms with Crippen molar-refractivity contribution in [3.05, 3.63) is 11.6 Å². The van der Waals surface area contributed by atoms with Crippen molar-refractivity contribution in [2.45, 2.75) is 46.5 Å². The van der Waals surface area contributed by atoms with Crippen molar-refractivity contribution in [1.29, 1.82) is 0 Å². The molecule has 0 amide bonds. The second-order valence-electron chi connectivity index (χ2n) is 5.16. The van der Waals surface area contributed by atoms with Gasteiger partial charge in [0, 0.05) is 11.8 Å². The summed E-state index contributed by atoms with van der Waals surface area (Å²) in [5.41, 5.74) is 1.58. The molecule has 2 atom stereocenters. The second kappa shape index (κ2) is 2.46. The minimum Gasteiger partial charge on any atom is -0.299 e. The number of hydrogen-bond acceptors (Lipinski definition) is 1. The van der Waals surface area contributed by atoms with Crippen LogP contribution in [0.1, 0.15) is 46.5 Å². The molecule has 1 heteroatoms. The van der Waals surface area contributed by atoms with Crippen LogP contribution in [0.25, 0.3) is 0 Å². The predicted octanol–water partition coefficient (Wildman–Crippen LogP) is 3.10. The van der Waals surface area contributed by atoms with Gasteiger partial charge in [-0.25, -0.2) is 0 Å². The van der Waals surface area contributed by atoms with Gasteiger partial charge in [0.15, 0.2) is 0 Å². The first kappa shape index (κ1) is 8.98. The Labute approximate surface area is 80.2 Å². The zero-order valence-electron chi connectivity index (χ0n) is 8.81. The molecular weight excluding hydrogens is 160 g/mol. The number of rotatable bonds is 0. The van der Waals surface area contributed by atoms with Crippen LogP contribution in [0.2, 0.25) is 0 Å². The molecule has 2 aliphatic carbocycles. The number of ketones is 1. The first-order chi connectivity index (χ1) is 5.98. The van der Waals surface area contributed by atoms with Crippen LogP contribution in [-0.2, 0) is 4.79 Å². The third kappa shape index (κ3) is 1.02. The molecule has 0 radical (unpaired) electrons. The first-order valence-electron chi connectivity index (χ1n) is 5.20. The van der Waals surface area contributed by atoms with E-state index >= 15 is 0 Å². The Hall–Kier alpha value is -0.590. The van der Waals surface area contributed by atoms with Crippen LogP contribution in [0.5, 0.6) is 0 Å². The van der Waals surface area contributed by atoms with Crippen LogP contribution in [0.15, 0.2) is 11.6 Å². The van der Waals surface area contributed by atoms with Gasteiger partial charge >= 0.3 is 0 Å². The van der Waals surface area contributed by atoms with E-state index in [4.69, 9.17) is 0 Å². The van der Waals surface area contributed by atoms with Gasteiger partial charge in [-0.2, -0.15) is 0 Å². The van der Waals surface area contributed by atoms with Crippen LogP contribution < -0.4 is 0 Å². The third-order valence-corrected chi connectivity index (χ3v) is 4.33. The van der Waals surface area contributed by atoms with E-state index in [0.717, 1.165) is 25.7 Å². The molecule has 0 unspecified atom stereocenters. The van der Waals surface area contributed by atoms with Gasteiger partial charge in [0.25, 0.3) is 0 Å². The lowest BCUT2D eigenvalue weighted by Crippen LogP contribution is -2.38. The summed E-state index contributed by atoms with van der Waals surface area (Å²) in [5.74, 6) is 0.485. The molecular formula is C12H18O. The van der Waals surface area contributed by atoms with E-state index < -0.39 is 0 Å². The fourth-order valence-corrected chi connectivity index (χ4v) is 2.96. The average Bonchev–Trinajstić information content (AvgIpc) is 2.28. The van der Waals surface area contributed by atoms with Crippen LogP contribution in [0, 0.1) is 10.8 Å². The topological polar surface area (TPSA) is 17.1 Å². The van der Waals surface area contributed by atoms with Crippen LogP contribution in [0.3, 0.4) is 0 Å². The number of Topliss-reactive ketones (excluding diaryl/α,β-unsaturated/α-hetero) is 1. The molecule has 13 heavy (non-hydrogen) atoms. The molecule has 1 nitrogen and oxygen atoms in total. The summed E-state index contributed by atoms with van der Waals surface area (Å²) in [5, 5.41) is 0. The zero-order valence-corrected chi connectivity index (χ0v) is 8.81. The molecule has 2 aliphatic rings. The smallest absolute Gasteiger partial charge is 0.139 e. The van der Waals surface area contributed by atoms with Crippen molar-refractivity contribution in [3.63, 3.8) is 0 Å². The van der Waals surface area contributed by atoms with Crippen LogP contribution >= 0.6 is 0 Å². The summed E-state index contributed by atoms with van der Waals surface area (Å²) < 4.78 is 0. The summed E-state index contributed by atoms with van der Waals surface area (Å²) in [6.07, 6.45) is 6.36. The molecule has 1 fully saturated rings. The molecule has 0 aliphatic heterocycles. The molecule has 1 saturated carbocycles. The lowest BCUT2D eigenvalue weighted by atomic mass is 9.61. The molecule has 0 saturated heterocycles. The van der Waals surface area contributed by atoms with Crippen molar-refractivity contribution >= 4 is 5.78 Å². The van der Waals surface area contributed by atoms with Crippen molar-refractivity contribution in [2.75, 3.05) is 0 Å². The van der Waals surface area contributed by atoms with Crippen molar-refractivity contribution in [1.82, 2.24) is 0 Å². The highest BCUT2D eigenvalue weighted by Gasteiger charge is 2.53. The summed E-state index contributed by atoms with van der Waals surface area (Å²) in [4.78, 5) is 11.8. The summed E-state index contributed by atoms with van der Waals surface area (Å²) in [6.45, 7) is 6.60. The Morgan fingerprint density at radius 1 is 1.23 bits per heavy atom. The molecule has 0 heterocycles. The first-order valence-corrected chi connectivity index (χ1v) is 5.20. The summed E-state index contributed by atoms with van der Waals surface area (Å²) in [6, 6.07) is 0. The average molecular weight is 178 g/mol. The van der Waals surface area contributed by atoms with Crippen molar-refractivity contribution < 1.29 is 4.79 Å².